The van der Waals surface area contributed by atoms with Crippen molar-refractivity contribution in [2.24, 2.45) is 5.73 Å². The smallest absolute Gasteiger partial charge is 0.119 e. The predicted octanol–water partition coefficient (Wildman–Crippen LogP) is 5.39. The highest BCUT2D eigenvalue weighted by atomic mass is 16.5. The zero-order valence-electron chi connectivity index (χ0n) is 15.2. The van der Waals surface area contributed by atoms with Gasteiger partial charge in [-0.1, -0.05) is 79.7 Å². The fraction of sp³-hybridized carbons (Fsp3) is 0.167. The van der Waals surface area contributed by atoms with Crippen LogP contribution in [0.1, 0.15) is 30.0 Å². The van der Waals surface area contributed by atoms with Crippen molar-refractivity contribution in [3.05, 3.63) is 102 Å². The molecule has 0 aliphatic carbocycles. The molecule has 0 fully saturated rings. The lowest BCUT2D eigenvalue weighted by Gasteiger charge is -2.16. The van der Waals surface area contributed by atoms with Gasteiger partial charge in [-0.25, -0.2) is 0 Å². The molecule has 0 radical (unpaired) electrons. The molecule has 26 heavy (non-hydrogen) atoms. The van der Waals surface area contributed by atoms with E-state index in [2.05, 4.69) is 79.7 Å². The largest absolute Gasteiger partial charge is 0.492 e. The van der Waals surface area contributed by atoms with Crippen LogP contribution < -0.4 is 10.5 Å². The number of benzene rings is 3. The molecule has 0 aliphatic heterocycles. The molecule has 3 aromatic carbocycles. The molecule has 0 aromatic heterocycles. The monoisotopic (exact) mass is 343 g/mol. The van der Waals surface area contributed by atoms with Gasteiger partial charge in [0, 0.05) is 6.54 Å². The average molecular weight is 343 g/mol. The van der Waals surface area contributed by atoms with E-state index >= 15 is 0 Å². The highest BCUT2D eigenvalue weighted by Crippen LogP contribution is 2.34. The Kier molecular flexibility index (Phi) is 6.24. The van der Waals surface area contributed by atoms with Gasteiger partial charge in [-0.3, -0.25) is 0 Å². The van der Waals surface area contributed by atoms with Crippen LogP contribution in [0.4, 0.5) is 0 Å². The molecule has 3 aromatic rings. The Morgan fingerprint density at radius 3 is 1.81 bits per heavy atom. The molecule has 0 saturated heterocycles. The van der Waals surface area contributed by atoms with Gasteiger partial charge in [0.15, 0.2) is 0 Å². The first-order chi connectivity index (χ1) is 12.8. The van der Waals surface area contributed by atoms with Gasteiger partial charge in [0.25, 0.3) is 0 Å². The second-order valence-electron chi connectivity index (χ2n) is 6.10. The lowest BCUT2D eigenvalue weighted by molar-refractivity contribution is 0.328. The van der Waals surface area contributed by atoms with Gasteiger partial charge in [-0.15, -0.1) is 0 Å². The second kappa shape index (κ2) is 9.02. The molecule has 132 valence electrons. The fourth-order valence-electron chi connectivity index (χ4n) is 3.18. The first kappa shape index (κ1) is 18.0. The molecule has 2 N–H and O–H groups in total. The average Bonchev–Trinajstić information content (AvgIpc) is 2.72. The van der Waals surface area contributed by atoms with E-state index in [-0.39, 0.29) is 0 Å². The SMILES string of the molecule is CC/C(=C(\c1ccccc1)c1ccc(OCCN)cc1)c1ccccc1. The minimum atomic E-state index is 0.519. The van der Waals surface area contributed by atoms with Gasteiger partial charge in [0.05, 0.1) is 0 Å². The minimum Gasteiger partial charge on any atom is -0.492 e. The standard InChI is InChI=1S/C24H25NO/c1-2-23(19-9-5-3-6-10-19)24(20-11-7-4-8-12-20)21-13-15-22(16-14-21)26-18-17-25/h3-16H,2,17-18,25H2,1H3/b24-23-. The van der Waals surface area contributed by atoms with Crippen LogP contribution in [-0.4, -0.2) is 13.2 Å². The van der Waals surface area contributed by atoms with Crippen LogP contribution in [0.3, 0.4) is 0 Å². The number of ether oxygens (including phenoxy) is 1. The summed E-state index contributed by atoms with van der Waals surface area (Å²) in [5.41, 5.74) is 11.8. The molecule has 0 atom stereocenters. The lowest BCUT2D eigenvalue weighted by atomic mass is 9.88. The van der Waals surface area contributed by atoms with Crippen molar-refractivity contribution >= 4 is 11.1 Å². The summed E-state index contributed by atoms with van der Waals surface area (Å²) in [6.45, 7) is 3.26. The molecule has 0 unspecified atom stereocenters. The molecule has 0 bridgehead atoms. The number of rotatable bonds is 7. The summed E-state index contributed by atoms with van der Waals surface area (Å²) in [6, 6.07) is 29.5. The maximum atomic E-state index is 5.63. The Bertz CT molecular complexity index is 836. The lowest BCUT2D eigenvalue weighted by Crippen LogP contribution is -2.10. The quantitative estimate of drug-likeness (QED) is 0.584. The maximum absolute atomic E-state index is 5.63. The van der Waals surface area contributed by atoms with Crippen molar-refractivity contribution in [1.82, 2.24) is 0 Å². The molecular weight excluding hydrogens is 318 g/mol. The molecule has 0 saturated carbocycles. The van der Waals surface area contributed by atoms with Crippen molar-refractivity contribution < 1.29 is 4.74 Å². The van der Waals surface area contributed by atoms with Crippen LogP contribution >= 0.6 is 0 Å². The Balaban J connectivity index is 2.11. The Labute approximate surface area is 155 Å². The number of hydrogen-bond donors (Lipinski definition) is 1. The van der Waals surface area contributed by atoms with E-state index in [1.165, 1.54) is 27.8 Å². The van der Waals surface area contributed by atoms with E-state index in [1.54, 1.807) is 0 Å². The summed E-state index contributed by atoms with van der Waals surface area (Å²) in [7, 11) is 0. The highest BCUT2D eigenvalue weighted by Gasteiger charge is 2.12. The van der Waals surface area contributed by atoms with Crippen LogP contribution in [0, 0.1) is 0 Å². The van der Waals surface area contributed by atoms with Crippen molar-refractivity contribution in [2.45, 2.75) is 13.3 Å². The molecule has 0 aliphatic rings. The van der Waals surface area contributed by atoms with Crippen LogP contribution in [0.15, 0.2) is 84.9 Å². The second-order valence-corrected chi connectivity index (χ2v) is 6.10. The van der Waals surface area contributed by atoms with Gasteiger partial charge in [-0.05, 0) is 46.4 Å². The van der Waals surface area contributed by atoms with Gasteiger partial charge in [-0.2, -0.15) is 0 Å². The summed E-state index contributed by atoms with van der Waals surface area (Å²) in [4.78, 5) is 0. The van der Waals surface area contributed by atoms with E-state index in [0.717, 1.165) is 12.2 Å². The third-order valence-corrected chi connectivity index (χ3v) is 4.37. The first-order valence-electron chi connectivity index (χ1n) is 9.10. The molecule has 2 heteroatoms. The zero-order chi connectivity index (χ0) is 18.2. The third-order valence-electron chi connectivity index (χ3n) is 4.37. The van der Waals surface area contributed by atoms with Crippen LogP contribution in [0.2, 0.25) is 0 Å². The molecular formula is C24H25NO. The first-order valence-corrected chi connectivity index (χ1v) is 9.10. The number of hydrogen-bond acceptors (Lipinski definition) is 2. The van der Waals surface area contributed by atoms with Crippen LogP contribution in [0.25, 0.3) is 11.1 Å². The van der Waals surface area contributed by atoms with Gasteiger partial charge in [0.2, 0.25) is 0 Å². The molecule has 0 heterocycles. The minimum absolute atomic E-state index is 0.519. The Morgan fingerprint density at radius 2 is 1.27 bits per heavy atom. The number of nitrogens with two attached hydrogens (primary N) is 1. The summed E-state index contributed by atoms with van der Waals surface area (Å²) in [6.07, 6.45) is 0.958. The van der Waals surface area contributed by atoms with E-state index in [9.17, 15) is 0 Å². The molecule has 0 spiro atoms. The van der Waals surface area contributed by atoms with Crippen molar-refractivity contribution in [3.8, 4) is 5.75 Å². The van der Waals surface area contributed by atoms with Crippen LogP contribution in [0.5, 0.6) is 5.75 Å². The van der Waals surface area contributed by atoms with E-state index in [0.29, 0.717) is 13.2 Å². The molecule has 2 nitrogen and oxygen atoms in total. The van der Waals surface area contributed by atoms with E-state index < -0.39 is 0 Å². The number of allylic oxidation sites excluding steroid dienone is 1. The normalized spacial score (nSPS) is 11.8. The van der Waals surface area contributed by atoms with Crippen molar-refractivity contribution in [2.75, 3.05) is 13.2 Å². The highest BCUT2D eigenvalue weighted by molar-refractivity contribution is 5.98. The fourth-order valence-corrected chi connectivity index (χ4v) is 3.18. The molecule has 3 rings (SSSR count). The van der Waals surface area contributed by atoms with Gasteiger partial charge < -0.3 is 10.5 Å². The Morgan fingerprint density at radius 1 is 0.731 bits per heavy atom. The van der Waals surface area contributed by atoms with Gasteiger partial charge in [0.1, 0.15) is 12.4 Å². The van der Waals surface area contributed by atoms with E-state index in [1.807, 2.05) is 12.1 Å². The van der Waals surface area contributed by atoms with Crippen LogP contribution in [-0.2, 0) is 0 Å². The van der Waals surface area contributed by atoms with Gasteiger partial charge >= 0.3 is 0 Å². The maximum Gasteiger partial charge on any atom is 0.119 e. The summed E-state index contributed by atoms with van der Waals surface area (Å²) in [5, 5.41) is 0. The van der Waals surface area contributed by atoms with Crippen molar-refractivity contribution in [3.63, 3.8) is 0 Å². The summed E-state index contributed by atoms with van der Waals surface area (Å²) < 4.78 is 5.63. The third kappa shape index (κ3) is 4.22. The summed E-state index contributed by atoms with van der Waals surface area (Å²) >= 11 is 0. The summed E-state index contributed by atoms with van der Waals surface area (Å²) in [5.74, 6) is 0.851. The molecule has 0 amide bonds. The Hall–Kier alpha value is -2.84. The zero-order valence-corrected chi connectivity index (χ0v) is 15.2. The van der Waals surface area contributed by atoms with Crippen molar-refractivity contribution in [1.29, 1.82) is 0 Å². The topological polar surface area (TPSA) is 35.2 Å². The van der Waals surface area contributed by atoms with E-state index in [4.69, 9.17) is 10.5 Å². The predicted molar refractivity (Wildman–Crippen MR) is 110 cm³/mol.